The summed E-state index contributed by atoms with van der Waals surface area (Å²) < 4.78 is 1.94. The molecule has 1 heterocycles. The molecule has 0 saturated heterocycles. The van der Waals surface area contributed by atoms with E-state index in [9.17, 15) is 4.79 Å². The highest BCUT2D eigenvalue weighted by Crippen LogP contribution is 2.18. The number of fused-ring (bicyclic) bond motifs is 1. The number of carbonyl (C=O) groups is 1. The number of amides is 1. The third kappa shape index (κ3) is 3.96. The third-order valence-electron chi connectivity index (χ3n) is 4.90. The van der Waals surface area contributed by atoms with Gasteiger partial charge in [-0.05, 0) is 37.1 Å². The molecule has 4 aromatic rings. The van der Waals surface area contributed by atoms with Gasteiger partial charge in [0.15, 0.2) is 0 Å². The Morgan fingerprint density at radius 2 is 1.75 bits per heavy atom. The molecule has 1 amide bonds. The summed E-state index contributed by atoms with van der Waals surface area (Å²) >= 11 is 0. The van der Waals surface area contributed by atoms with Gasteiger partial charge in [-0.3, -0.25) is 9.48 Å². The molecular weight excluding hydrogens is 346 g/mol. The van der Waals surface area contributed by atoms with Crippen molar-refractivity contribution in [3.05, 3.63) is 101 Å². The predicted octanol–water partition coefficient (Wildman–Crippen LogP) is 4.63. The summed E-state index contributed by atoms with van der Waals surface area (Å²) in [7, 11) is 0. The molecule has 140 valence electrons. The molecule has 0 atom stereocenters. The molecule has 0 aliphatic heterocycles. The van der Waals surface area contributed by atoms with E-state index in [4.69, 9.17) is 0 Å². The van der Waals surface area contributed by atoms with E-state index in [-0.39, 0.29) is 5.91 Å². The van der Waals surface area contributed by atoms with Gasteiger partial charge in [-0.25, -0.2) is 0 Å². The standard InChI is InChI=1S/C24H23N3O/c1-17-6-8-19(9-7-17)16-27-23-13-21(10-11-22(23)15-26-27)24(28)25-14-20-5-3-4-18(2)12-20/h3-13,15H,14,16H2,1-2H3,(H,25,28). The topological polar surface area (TPSA) is 46.9 Å². The van der Waals surface area contributed by atoms with Crippen LogP contribution in [0.1, 0.15) is 32.6 Å². The monoisotopic (exact) mass is 369 g/mol. The van der Waals surface area contributed by atoms with Crippen LogP contribution < -0.4 is 5.32 Å². The smallest absolute Gasteiger partial charge is 0.251 e. The summed E-state index contributed by atoms with van der Waals surface area (Å²) in [6.45, 7) is 5.32. The van der Waals surface area contributed by atoms with Crippen molar-refractivity contribution in [1.82, 2.24) is 15.1 Å². The molecule has 3 aromatic carbocycles. The fourth-order valence-electron chi connectivity index (χ4n) is 3.31. The Kier molecular flexibility index (Phi) is 4.94. The molecule has 1 N–H and O–H groups in total. The first-order valence-electron chi connectivity index (χ1n) is 9.43. The van der Waals surface area contributed by atoms with Gasteiger partial charge < -0.3 is 5.32 Å². The van der Waals surface area contributed by atoms with E-state index in [0.29, 0.717) is 18.7 Å². The van der Waals surface area contributed by atoms with Gasteiger partial charge in [0.1, 0.15) is 0 Å². The number of nitrogens with one attached hydrogen (secondary N) is 1. The molecule has 1 aromatic heterocycles. The van der Waals surface area contributed by atoms with Crippen molar-refractivity contribution in [2.75, 3.05) is 0 Å². The van der Waals surface area contributed by atoms with E-state index < -0.39 is 0 Å². The first-order valence-corrected chi connectivity index (χ1v) is 9.43. The Balaban J connectivity index is 1.53. The number of rotatable bonds is 5. The van der Waals surface area contributed by atoms with Crippen LogP contribution >= 0.6 is 0 Å². The minimum atomic E-state index is -0.0773. The van der Waals surface area contributed by atoms with Crippen LogP contribution in [0.3, 0.4) is 0 Å². The van der Waals surface area contributed by atoms with E-state index in [1.54, 1.807) is 0 Å². The highest BCUT2D eigenvalue weighted by molar-refractivity contribution is 5.97. The van der Waals surface area contributed by atoms with Gasteiger partial charge >= 0.3 is 0 Å². The van der Waals surface area contributed by atoms with Gasteiger partial charge in [-0.1, -0.05) is 65.7 Å². The maximum atomic E-state index is 12.6. The molecule has 0 fully saturated rings. The highest BCUT2D eigenvalue weighted by atomic mass is 16.1. The first kappa shape index (κ1) is 18.0. The Morgan fingerprint density at radius 3 is 2.54 bits per heavy atom. The molecule has 0 unspecified atom stereocenters. The lowest BCUT2D eigenvalue weighted by atomic mass is 10.1. The fourth-order valence-corrected chi connectivity index (χ4v) is 3.31. The lowest BCUT2D eigenvalue weighted by Gasteiger charge is -2.08. The largest absolute Gasteiger partial charge is 0.348 e. The van der Waals surface area contributed by atoms with Crippen molar-refractivity contribution in [1.29, 1.82) is 0 Å². The van der Waals surface area contributed by atoms with Crippen molar-refractivity contribution in [2.24, 2.45) is 0 Å². The number of hydrogen-bond acceptors (Lipinski definition) is 2. The second-order valence-corrected chi connectivity index (χ2v) is 7.23. The minimum Gasteiger partial charge on any atom is -0.348 e. The van der Waals surface area contributed by atoms with Crippen LogP contribution in [0.4, 0.5) is 0 Å². The number of aryl methyl sites for hydroxylation is 2. The van der Waals surface area contributed by atoms with Gasteiger partial charge in [0.25, 0.3) is 5.91 Å². The summed E-state index contributed by atoms with van der Waals surface area (Å²) in [5, 5.41) is 8.54. The Labute approximate surface area is 164 Å². The average Bonchev–Trinajstić information content (AvgIpc) is 3.10. The maximum absolute atomic E-state index is 12.6. The molecule has 28 heavy (non-hydrogen) atoms. The van der Waals surface area contributed by atoms with E-state index in [2.05, 4.69) is 60.7 Å². The van der Waals surface area contributed by atoms with Gasteiger partial charge in [-0.15, -0.1) is 0 Å². The summed E-state index contributed by atoms with van der Waals surface area (Å²) in [4.78, 5) is 12.6. The third-order valence-corrected chi connectivity index (χ3v) is 4.90. The van der Waals surface area contributed by atoms with Crippen LogP contribution in [-0.2, 0) is 13.1 Å². The molecule has 4 rings (SSSR count). The van der Waals surface area contributed by atoms with Crippen molar-refractivity contribution >= 4 is 16.8 Å². The number of nitrogens with zero attached hydrogens (tertiary/aromatic N) is 2. The number of carbonyl (C=O) groups excluding carboxylic acids is 1. The van der Waals surface area contributed by atoms with Gasteiger partial charge in [0.05, 0.1) is 18.3 Å². The van der Waals surface area contributed by atoms with Crippen LogP contribution in [0.5, 0.6) is 0 Å². The zero-order valence-electron chi connectivity index (χ0n) is 16.1. The molecule has 0 radical (unpaired) electrons. The summed E-state index contributed by atoms with van der Waals surface area (Å²) in [6.07, 6.45) is 1.85. The predicted molar refractivity (Wildman–Crippen MR) is 112 cm³/mol. The quantitative estimate of drug-likeness (QED) is 0.557. The van der Waals surface area contributed by atoms with E-state index in [0.717, 1.165) is 16.5 Å². The van der Waals surface area contributed by atoms with Crippen molar-refractivity contribution in [3.63, 3.8) is 0 Å². The maximum Gasteiger partial charge on any atom is 0.251 e. The summed E-state index contributed by atoms with van der Waals surface area (Å²) in [5.74, 6) is -0.0773. The lowest BCUT2D eigenvalue weighted by molar-refractivity contribution is 0.0951. The zero-order valence-corrected chi connectivity index (χ0v) is 16.1. The average molecular weight is 369 g/mol. The molecule has 0 aliphatic rings. The second kappa shape index (κ2) is 7.69. The lowest BCUT2D eigenvalue weighted by Crippen LogP contribution is -2.22. The van der Waals surface area contributed by atoms with Gasteiger partial charge in [0.2, 0.25) is 0 Å². The second-order valence-electron chi connectivity index (χ2n) is 7.23. The van der Waals surface area contributed by atoms with Crippen LogP contribution in [0, 0.1) is 13.8 Å². The Morgan fingerprint density at radius 1 is 0.929 bits per heavy atom. The highest BCUT2D eigenvalue weighted by Gasteiger charge is 2.10. The van der Waals surface area contributed by atoms with Crippen molar-refractivity contribution in [2.45, 2.75) is 26.9 Å². The van der Waals surface area contributed by atoms with Crippen LogP contribution in [0.15, 0.2) is 72.9 Å². The van der Waals surface area contributed by atoms with Crippen LogP contribution in [0.25, 0.3) is 10.9 Å². The first-order chi connectivity index (χ1) is 13.6. The van der Waals surface area contributed by atoms with Crippen molar-refractivity contribution in [3.8, 4) is 0 Å². The van der Waals surface area contributed by atoms with E-state index >= 15 is 0 Å². The SMILES string of the molecule is Cc1ccc(Cn2ncc3ccc(C(=O)NCc4cccc(C)c4)cc32)cc1. The molecule has 0 saturated carbocycles. The van der Waals surface area contributed by atoms with Crippen molar-refractivity contribution < 1.29 is 4.79 Å². The summed E-state index contributed by atoms with van der Waals surface area (Å²) in [6, 6.07) is 22.3. The van der Waals surface area contributed by atoms with Crippen LogP contribution in [-0.4, -0.2) is 15.7 Å². The van der Waals surface area contributed by atoms with Crippen LogP contribution in [0.2, 0.25) is 0 Å². The Hall–Kier alpha value is -3.40. The number of hydrogen-bond donors (Lipinski definition) is 1. The van der Waals surface area contributed by atoms with Gasteiger partial charge in [-0.2, -0.15) is 5.10 Å². The van der Waals surface area contributed by atoms with E-state index in [1.807, 2.05) is 41.2 Å². The molecule has 0 spiro atoms. The fraction of sp³-hybridized carbons (Fsp3) is 0.167. The Bertz CT molecular complexity index is 1130. The summed E-state index contributed by atoms with van der Waals surface area (Å²) in [5.41, 5.74) is 6.31. The molecule has 4 nitrogen and oxygen atoms in total. The van der Waals surface area contributed by atoms with Gasteiger partial charge in [0, 0.05) is 17.5 Å². The minimum absolute atomic E-state index is 0.0773. The normalized spacial score (nSPS) is 10.9. The number of aromatic nitrogens is 2. The molecular formula is C24H23N3O. The molecule has 0 bridgehead atoms. The molecule has 0 aliphatic carbocycles. The zero-order chi connectivity index (χ0) is 19.5. The molecule has 4 heteroatoms. The van der Waals surface area contributed by atoms with E-state index in [1.165, 1.54) is 16.7 Å². The number of benzene rings is 3.